The van der Waals surface area contributed by atoms with E-state index in [-0.39, 0.29) is 17.9 Å². The van der Waals surface area contributed by atoms with Crippen molar-refractivity contribution in [3.8, 4) is 0 Å². The normalized spacial score (nSPS) is 25.1. The fourth-order valence-electron chi connectivity index (χ4n) is 3.78. The summed E-state index contributed by atoms with van der Waals surface area (Å²) in [4.78, 5) is 33.3. The van der Waals surface area contributed by atoms with Gasteiger partial charge in [-0.15, -0.1) is 0 Å². The van der Waals surface area contributed by atoms with Gasteiger partial charge in [-0.1, -0.05) is 49.2 Å². The number of hydrogen-bond donors (Lipinski definition) is 0. The first kappa shape index (κ1) is 17.1. The average Bonchev–Trinajstić information content (AvgIpc) is 3.13. The highest BCUT2D eigenvalue weighted by Crippen LogP contribution is 2.41. The second-order valence-corrected chi connectivity index (χ2v) is 7.00. The number of imide groups is 1. The smallest absolute Gasteiger partial charge is 0.266 e. The Balaban J connectivity index is 1.69. The number of fused-ring (bicyclic) bond motifs is 1. The highest BCUT2D eigenvalue weighted by Gasteiger charge is 2.59. The zero-order valence-corrected chi connectivity index (χ0v) is 15.1. The second-order valence-electron chi connectivity index (χ2n) is 6.56. The zero-order chi connectivity index (χ0) is 18.3. The maximum Gasteiger partial charge on any atom is 0.266 e. The van der Waals surface area contributed by atoms with Crippen LogP contribution >= 0.6 is 11.6 Å². The summed E-state index contributed by atoms with van der Waals surface area (Å²) < 4.78 is 0. The van der Waals surface area contributed by atoms with Crippen molar-refractivity contribution < 1.29 is 14.4 Å². The van der Waals surface area contributed by atoms with E-state index in [4.69, 9.17) is 16.4 Å². The molecular weight excluding hydrogens is 352 g/mol. The average molecular weight is 371 g/mol. The van der Waals surface area contributed by atoms with E-state index in [1.54, 1.807) is 29.3 Å². The first-order valence-electron chi connectivity index (χ1n) is 8.76. The highest BCUT2D eigenvalue weighted by atomic mass is 35.5. The summed E-state index contributed by atoms with van der Waals surface area (Å²) in [6, 6.07) is 16.2. The monoisotopic (exact) mass is 370 g/mol. The van der Waals surface area contributed by atoms with Crippen molar-refractivity contribution in [3.05, 3.63) is 59.6 Å². The van der Waals surface area contributed by atoms with E-state index in [0.29, 0.717) is 10.7 Å². The number of hydrogen-bond acceptors (Lipinski definition) is 4. The predicted molar refractivity (Wildman–Crippen MR) is 99.9 cm³/mol. The van der Waals surface area contributed by atoms with Crippen LogP contribution in [0.15, 0.2) is 54.6 Å². The summed E-state index contributed by atoms with van der Waals surface area (Å²) in [5.41, 5.74) is 1.35. The molecular formula is C20H19ClN2O3. The van der Waals surface area contributed by atoms with Crippen LogP contribution in [0.3, 0.4) is 0 Å². The zero-order valence-electron chi connectivity index (χ0n) is 14.3. The Morgan fingerprint density at radius 2 is 1.73 bits per heavy atom. The molecule has 2 aliphatic heterocycles. The molecule has 2 aromatic carbocycles. The number of nitrogens with zero attached hydrogens (tertiary/aromatic N) is 2. The van der Waals surface area contributed by atoms with E-state index >= 15 is 0 Å². The number of hydroxylamine groups is 1. The van der Waals surface area contributed by atoms with E-state index < -0.39 is 12.0 Å². The van der Waals surface area contributed by atoms with Gasteiger partial charge in [0.15, 0.2) is 6.10 Å². The van der Waals surface area contributed by atoms with Crippen molar-refractivity contribution in [2.24, 2.45) is 5.92 Å². The van der Waals surface area contributed by atoms with Gasteiger partial charge in [-0.05, 0) is 36.8 Å². The maximum atomic E-state index is 13.1. The molecule has 0 bridgehead atoms. The Bertz CT molecular complexity index is 842. The lowest BCUT2D eigenvalue weighted by Crippen LogP contribution is -2.40. The van der Waals surface area contributed by atoms with Gasteiger partial charge >= 0.3 is 0 Å². The van der Waals surface area contributed by atoms with E-state index in [2.05, 4.69) is 6.92 Å². The van der Waals surface area contributed by atoms with Crippen LogP contribution in [0.25, 0.3) is 0 Å². The fraction of sp³-hybridized carbons (Fsp3) is 0.300. The van der Waals surface area contributed by atoms with Gasteiger partial charge < -0.3 is 0 Å². The van der Waals surface area contributed by atoms with E-state index in [9.17, 15) is 9.59 Å². The molecule has 0 aliphatic carbocycles. The number of para-hydroxylation sites is 1. The van der Waals surface area contributed by atoms with E-state index in [0.717, 1.165) is 18.5 Å². The minimum Gasteiger partial charge on any atom is -0.273 e. The molecule has 5 nitrogen and oxygen atoms in total. The molecule has 3 atom stereocenters. The predicted octanol–water partition coefficient (Wildman–Crippen LogP) is 3.82. The first-order valence-corrected chi connectivity index (χ1v) is 9.14. The number of rotatable bonds is 4. The number of anilines is 2. The third-order valence-corrected chi connectivity index (χ3v) is 5.13. The largest absolute Gasteiger partial charge is 0.273 e. The molecule has 134 valence electrons. The van der Waals surface area contributed by atoms with Gasteiger partial charge in [-0.25, -0.2) is 9.96 Å². The molecule has 26 heavy (non-hydrogen) atoms. The van der Waals surface area contributed by atoms with Gasteiger partial charge in [0.25, 0.3) is 5.91 Å². The van der Waals surface area contributed by atoms with Gasteiger partial charge in [0.2, 0.25) is 5.91 Å². The molecule has 0 aromatic heterocycles. The SMILES string of the molecule is CCC[C@@H]1[C@H]2C(=O)N(c3cccc(Cl)c3)C(=O)[C@H]2ON1c1ccccc1. The van der Waals surface area contributed by atoms with Crippen LogP contribution in [-0.4, -0.2) is 24.0 Å². The van der Waals surface area contributed by atoms with Crippen molar-refractivity contribution in [2.45, 2.75) is 31.9 Å². The lowest BCUT2D eigenvalue weighted by atomic mass is 9.93. The molecule has 2 aromatic rings. The Morgan fingerprint density at radius 1 is 1.00 bits per heavy atom. The van der Waals surface area contributed by atoms with Gasteiger partial charge in [0.1, 0.15) is 0 Å². The molecule has 2 saturated heterocycles. The summed E-state index contributed by atoms with van der Waals surface area (Å²) in [5.74, 6) is -1.07. The summed E-state index contributed by atoms with van der Waals surface area (Å²) in [6.45, 7) is 2.06. The molecule has 2 fully saturated rings. The van der Waals surface area contributed by atoms with Gasteiger partial charge in [0, 0.05) is 5.02 Å². The summed E-state index contributed by atoms with van der Waals surface area (Å²) in [7, 11) is 0. The molecule has 2 aliphatic rings. The first-order chi connectivity index (χ1) is 12.6. The van der Waals surface area contributed by atoms with E-state index in [1.165, 1.54) is 4.90 Å². The highest BCUT2D eigenvalue weighted by molar-refractivity contribution is 6.31. The van der Waals surface area contributed by atoms with Crippen molar-refractivity contribution >= 4 is 34.8 Å². The number of amides is 2. The van der Waals surface area contributed by atoms with Crippen LogP contribution < -0.4 is 9.96 Å². The van der Waals surface area contributed by atoms with Crippen molar-refractivity contribution in [1.29, 1.82) is 0 Å². The van der Waals surface area contributed by atoms with Crippen LogP contribution in [0, 0.1) is 5.92 Å². The molecule has 2 heterocycles. The quantitative estimate of drug-likeness (QED) is 0.768. The van der Waals surface area contributed by atoms with Gasteiger partial charge in [-0.3, -0.25) is 14.4 Å². The molecule has 0 N–H and O–H groups in total. The molecule has 0 unspecified atom stereocenters. The van der Waals surface area contributed by atoms with Crippen LogP contribution in [-0.2, 0) is 14.4 Å². The van der Waals surface area contributed by atoms with Crippen molar-refractivity contribution in [2.75, 3.05) is 9.96 Å². The number of carbonyl (C=O) groups excluding carboxylic acids is 2. The molecule has 0 radical (unpaired) electrons. The minimum atomic E-state index is -0.793. The Hall–Kier alpha value is -2.37. The van der Waals surface area contributed by atoms with Crippen LogP contribution in [0.2, 0.25) is 5.02 Å². The number of carbonyl (C=O) groups is 2. The van der Waals surface area contributed by atoms with Crippen molar-refractivity contribution in [1.82, 2.24) is 0 Å². The van der Waals surface area contributed by atoms with Gasteiger partial charge in [-0.2, -0.15) is 0 Å². The topological polar surface area (TPSA) is 49.9 Å². The lowest BCUT2D eigenvalue weighted by molar-refractivity contribution is -0.126. The summed E-state index contributed by atoms with van der Waals surface area (Å²) in [5, 5.41) is 2.22. The Kier molecular flexibility index (Phi) is 4.42. The summed E-state index contributed by atoms with van der Waals surface area (Å²) in [6.07, 6.45) is 0.857. The van der Waals surface area contributed by atoms with Crippen LogP contribution in [0.4, 0.5) is 11.4 Å². The molecule has 0 saturated carbocycles. The second kappa shape index (κ2) is 6.74. The van der Waals surface area contributed by atoms with E-state index in [1.807, 2.05) is 30.3 Å². The molecule has 6 heteroatoms. The third-order valence-electron chi connectivity index (χ3n) is 4.90. The Morgan fingerprint density at radius 3 is 2.42 bits per heavy atom. The van der Waals surface area contributed by atoms with Crippen LogP contribution in [0.1, 0.15) is 19.8 Å². The molecule has 0 spiro atoms. The number of benzene rings is 2. The maximum absolute atomic E-state index is 13.1. The fourth-order valence-corrected chi connectivity index (χ4v) is 3.97. The van der Waals surface area contributed by atoms with Gasteiger partial charge in [0.05, 0.1) is 23.3 Å². The summed E-state index contributed by atoms with van der Waals surface area (Å²) >= 11 is 6.03. The lowest BCUT2D eigenvalue weighted by Gasteiger charge is -2.28. The van der Waals surface area contributed by atoms with Crippen LogP contribution in [0.5, 0.6) is 0 Å². The number of halogens is 1. The minimum absolute atomic E-state index is 0.173. The molecule has 2 amide bonds. The third kappa shape index (κ3) is 2.68. The standard InChI is InChI=1S/C20H19ClN2O3/c1-2-7-16-17-18(26-23(16)14-9-4-3-5-10-14)20(25)22(19(17)24)15-11-6-8-13(21)12-15/h3-6,8-12,16-18H,2,7H2,1H3/t16-,17-,18+/m1/s1. The Labute approximate surface area is 157 Å². The molecule has 4 rings (SSSR count). The van der Waals surface area contributed by atoms with Crippen molar-refractivity contribution in [3.63, 3.8) is 0 Å².